The quantitative estimate of drug-likeness (QED) is 0.569. The Labute approximate surface area is 76.4 Å². The van der Waals surface area contributed by atoms with Crippen LogP contribution >= 0.6 is 11.8 Å². The maximum absolute atomic E-state index is 12.6. The molecule has 1 nitrogen and oxygen atoms in total. The molecule has 0 aliphatic rings. The summed E-state index contributed by atoms with van der Waals surface area (Å²) < 4.78 is 12.6. The fraction of sp³-hybridized carbons (Fsp3) is 0.333. The van der Waals surface area contributed by atoms with E-state index in [-0.39, 0.29) is 5.82 Å². The third-order valence-electron chi connectivity index (χ3n) is 1.42. The number of hydrogen-bond acceptors (Lipinski definition) is 2. The zero-order chi connectivity index (χ0) is 8.81. The molecule has 0 aliphatic carbocycles. The minimum absolute atomic E-state index is 0.163. The summed E-state index contributed by atoms with van der Waals surface area (Å²) in [5.74, 6) is 0.810. The van der Waals surface area contributed by atoms with Gasteiger partial charge in [-0.15, -0.1) is 11.8 Å². The average Bonchev–Trinajstić information content (AvgIpc) is 2.05. The fourth-order valence-corrected chi connectivity index (χ4v) is 1.74. The summed E-state index contributed by atoms with van der Waals surface area (Å²) in [5.41, 5.74) is 0. The van der Waals surface area contributed by atoms with Gasteiger partial charge in [-0.1, -0.05) is 6.07 Å². The summed E-state index contributed by atoms with van der Waals surface area (Å²) in [6.07, 6.45) is 0. The van der Waals surface area contributed by atoms with E-state index in [0.717, 1.165) is 17.2 Å². The summed E-state index contributed by atoms with van der Waals surface area (Å²) in [6.45, 7) is 0.946. The van der Waals surface area contributed by atoms with Crippen LogP contribution in [-0.2, 0) is 0 Å². The highest BCUT2D eigenvalue weighted by atomic mass is 32.2. The van der Waals surface area contributed by atoms with Gasteiger partial charge in [-0.05, 0) is 25.2 Å². The number of benzene rings is 1. The van der Waals surface area contributed by atoms with Crippen molar-refractivity contribution in [3.05, 3.63) is 30.1 Å². The van der Waals surface area contributed by atoms with Crippen molar-refractivity contribution in [2.45, 2.75) is 4.90 Å². The SMILES string of the molecule is CNCCSc1cccc(F)c1. The van der Waals surface area contributed by atoms with Gasteiger partial charge < -0.3 is 5.32 Å². The van der Waals surface area contributed by atoms with Crippen molar-refractivity contribution in [1.82, 2.24) is 5.32 Å². The fourth-order valence-electron chi connectivity index (χ4n) is 0.828. The average molecular weight is 185 g/mol. The number of nitrogens with one attached hydrogen (secondary N) is 1. The Kier molecular flexibility index (Phi) is 4.11. The van der Waals surface area contributed by atoms with Gasteiger partial charge in [-0.3, -0.25) is 0 Å². The van der Waals surface area contributed by atoms with Crippen molar-refractivity contribution < 1.29 is 4.39 Å². The molecule has 0 aliphatic heterocycles. The van der Waals surface area contributed by atoms with Crippen LogP contribution in [0.3, 0.4) is 0 Å². The number of hydrogen-bond donors (Lipinski definition) is 1. The normalized spacial score (nSPS) is 10.2. The van der Waals surface area contributed by atoms with E-state index < -0.39 is 0 Å². The van der Waals surface area contributed by atoms with Crippen LogP contribution in [0.15, 0.2) is 29.2 Å². The van der Waals surface area contributed by atoms with Crippen LogP contribution in [0.2, 0.25) is 0 Å². The molecule has 1 N–H and O–H groups in total. The van der Waals surface area contributed by atoms with Gasteiger partial charge in [0.05, 0.1) is 0 Å². The van der Waals surface area contributed by atoms with Crippen molar-refractivity contribution in [1.29, 1.82) is 0 Å². The van der Waals surface area contributed by atoms with E-state index in [9.17, 15) is 4.39 Å². The standard InChI is InChI=1S/C9H12FNS/c1-11-5-6-12-9-4-2-3-8(10)7-9/h2-4,7,11H,5-6H2,1H3. The topological polar surface area (TPSA) is 12.0 Å². The number of rotatable bonds is 4. The lowest BCUT2D eigenvalue weighted by atomic mass is 10.4. The number of thioether (sulfide) groups is 1. The Morgan fingerprint density at radius 1 is 1.50 bits per heavy atom. The molecule has 0 amide bonds. The van der Waals surface area contributed by atoms with E-state index in [1.165, 1.54) is 6.07 Å². The van der Waals surface area contributed by atoms with E-state index in [1.807, 2.05) is 13.1 Å². The van der Waals surface area contributed by atoms with E-state index >= 15 is 0 Å². The lowest BCUT2D eigenvalue weighted by molar-refractivity contribution is 0.624. The Morgan fingerprint density at radius 3 is 3.00 bits per heavy atom. The van der Waals surface area contributed by atoms with Crippen LogP contribution in [0, 0.1) is 5.82 Å². The highest BCUT2D eigenvalue weighted by molar-refractivity contribution is 7.99. The van der Waals surface area contributed by atoms with Crippen LogP contribution in [0.1, 0.15) is 0 Å². The lowest BCUT2D eigenvalue weighted by Crippen LogP contribution is -2.09. The smallest absolute Gasteiger partial charge is 0.124 e. The van der Waals surface area contributed by atoms with E-state index in [2.05, 4.69) is 5.32 Å². The molecule has 0 fully saturated rings. The first-order chi connectivity index (χ1) is 5.83. The molecule has 3 heteroatoms. The van der Waals surface area contributed by atoms with Gasteiger partial charge in [-0.2, -0.15) is 0 Å². The van der Waals surface area contributed by atoms with Gasteiger partial charge in [0, 0.05) is 17.2 Å². The minimum atomic E-state index is -0.163. The van der Waals surface area contributed by atoms with Crippen LogP contribution < -0.4 is 5.32 Å². The predicted octanol–water partition coefficient (Wildman–Crippen LogP) is 2.14. The molecule has 0 spiro atoms. The predicted molar refractivity (Wildman–Crippen MR) is 51.1 cm³/mol. The molecule has 1 rings (SSSR count). The largest absolute Gasteiger partial charge is 0.319 e. The van der Waals surface area contributed by atoms with Crippen LogP contribution in [0.4, 0.5) is 4.39 Å². The van der Waals surface area contributed by atoms with Crippen molar-refractivity contribution in [2.24, 2.45) is 0 Å². The zero-order valence-electron chi connectivity index (χ0n) is 7.01. The summed E-state index contributed by atoms with van der Waals surface area (Å²) >= 11 is 1.66. The molecule has 0 aromatic heterocycles. The Balaban J connectivity index is 2.41. The molecule has 0 saturated heterocycles. The summed E-state index contributed by atoms with van der Waals surface area (Å²) in [7, 11) is 1.91. The van der Waals surface area contributed by atoms with Crippen molar-refractivity contribution in [2.75, 3.05) is 19.3 Å². The van der Waals surface area contributed by atoms with Gasteiger partial charge in [0.2, 0.25) is 0 Å². The third kappa shape index (κ3) is 3.24. The second-order valence-corrected chi connectivity index (χ2v) is 3.58. The molecule has 0 unspecified atom stereocenters. The van der Waals surface area contributed by atoms with Crippen LogP contribution in [0.5, 0.6) is 0 Å². The molecule has 0 radical (unpaired) electrons. The Morgan fingerprint density at radius 2 is 2.33 bits per heavy atom. The molecule has 1 aromatic carbocycles. The third-order valence-corrected chi connectivity index (χ3v) is 2.41. The first-order valence-corrected chi connectivity index (χ1v) is 4.84. The second kappa shape index (κ2) is 5.17. The van der Waals surface area contributed by atoms with E-state index in [0.29, 0.717) is 0 Å². The van der Waals surface area contributed by atoms with Gasteiger partial charge in [-0.25, -0.2) is 4.39 Å². The Bertz CT molecular complexity index is 240. The Hall–Kier alpha value is -0.540. The van der Waals surface area contributed by atoms with Gasteiger partial charge in [0.15, 0.2) is 0 Å². The molecule has 66 valence electrons. The highest BCUT2D eigenvalue weighted by Crippen LogP contribution is 2.17. The summed E-state index contributed by atoms with van der Waals surface area (Å²) in [4.78, 5) is 0.991. The summed E-state index contributed by atoms with van der Waals surface area (Å²) in [5, 5.41) is 3.04. The van der Waals surface area contributed by atoms with Crippen molar-refractivity contribution in [3.63, 3.8) is 0 Å². The maximum atomic E-state index is 12.6. The van der Waals surface area contributed by atoms with Gasteiger partial charge in [0.1, 0.15) is 5.82 Å². The van der Waals surface area contributed by atoms with E-state index in [4.69, 9.17) is 0 Å². The van der Waals surface area contributed by atoms with Crippen molar-refractivity contribution >= 4 is 11.8 Å². The molecule has 0 saturated carbocycles. The second-order valence-electron chi connectivity index (χ2n) is 2.41. The lowest BCUT2D eigenvalue weighted by Gasteiger charge is -2.00. The van der Waals surface area contributed by atoms with E-state index in [1.54, 1.807) is 23.9 Å². The first-order valence-electron chi connectivity index (χ1n) is 3.86. The van der Waals surface area contributed by atoms with Crippen molar-refractivity contribution in [3.8, 4) is 0 Å². The molecule has 0 heterocycles. The molecule has 0 bridgehead atoms. The highest BCUT2D eigenvalue weighted by Gasteiger charge is 1.94. The molecule has 0 atom stereocenters. The van der Waals surface area contributed by atoms with Crippen LogP contribution in [0.25, 0.3) is 0 Å². The minimum Gasteiger partial charge on any atom is -0.319 e. The summed E-state index contributed by atoms with van der Waals surface area (Å²) in [6, 6.07) is 6.67. The molecule has 12 heavy (non-hydrogen) atoms. The van der Waals surface area contributed by atoms with Crippen LogP contribution in [-0.4, -0.2) is 19.3 Å². The zero-order valence-corrected chi connectivity index (χ0v) is 7.83. The van der Waals surface area contributed by atoms with Gasteiger partial charge >= 0.3 is 0 Å². The molecular formula is C9H12FNS. The van der Waals surface area contributed by atoms with Gasteiger partial charge in [0.25, 0.3) is 0 Å². The maximum Gasteiger partial charge on any atom is 0.124 e. The molecule has 1 aromatic rings. The molecular weight excluding hydrogens is 173 g/mol. The first kappa shape index (κ1) is 9.55. The monoisotopic (exact) mass is 185 g/mol. The number of halogens is 1.